The monoisotopic (exact) mass is 394 g/mol. The van der Waals surface area contributed by atoms with Crippen LogP contribution in [0.15, 0.2) is 30.3 Å². The van der Waals surface area contributed by atoms with Crippen LogP contribution in [-0.4, -0.2) is 40.9 Å². The quantitative estimate of drug-likeness (QED) is 0.673. The summed E-state index contributed by atoms with van der Waals surface area (Å²) in [4.78, 5) is 12.2. The van der Waals surface area contributed by atoms with Crippen molar-refractivity contribution >= 4 is 28.9 Å². The van der Waals surface area contributed by atoms with Crippen LogP contribution in [0.5, 0.6) is 23.0 Å². The van der Waals surface area contributed by atoms with Gasteiger partial charge in [-0.15, -0.1) is 0 Å². The van der Waals surface area contributed by atoms with Crippen LogP contribution >= 0.6 is 11.6 Å². The maximum atomic E-state index is 12.2. The van der Waals surface area contributed by atoms with Crippen LogP contribution in [0, 0.1) is 0 Å². The van der Waals surface area contributed by atoms with Crippen LogP contribution in [0.3, 0.4) is 0 Å². The van der Waals surface area contributed by atoms with E-state index in [0.29, 0.717) is 40.3 Å². The van der Waals surface area contributed by atoms with Gasteiger partial charge in [-0.25, -0.2) is 0 Å². The third-order valence-electron chi connectivity index (χ3n) is 3.78. The van der Waals surface area contributed by atoms with Gasteiger partial charge in [0.05, 0.1) is 33.5 Å². The molecule has 1 amide bonds. The van der Waals surface area contributed by atoms with Gasteiger partial charge in [0.15, 0.2) is 11.5 Å². The van der Waals surface area contributed by atoms with Crippen LogP contribution in [0.25, 0.3) is 0 Å². The standard InChI is InChI=1S/C19H23ClN2O5/c1-24-15-6-5-12(9-14(15)20)21-8-7-18(23)22-13-10-16(25-2)19(27-4)17(11-13)26-3/h5-6,9-11,21H,7-8H2,1-4H3,(H,22,23). The minimum absolute atomic E-state index is 0.156. The number of rotatable bonds is 9. The minimum atomic E-state index is -0.156. The Bertz CT molecular complexity index is 773. The van der Waals surface area contributed by atoms with Crippen molar-refractivity contribution in [3.05, 3.63) is 35.4 Å². The second-order valence-electron chi connectivity index (χ2n) is 5.49. The van der Waals surface area contributed by atoms with Crippen molar-refractivity contribution in [1.29, 1.82) is 0 Å². The number of carbonyl (C=O) groups is 1. The van der Waals surface area contributed by atoms with E-state index in [2.05, 4.69) is 10.6 Å². The van der Waals surface area contributed by atoms with E-state index in [9.17, 15) is 4.79 Å². The Morgan fingerprint density at radius 3 is 2.04 bits per heavy atom. The average Bonchev–Trinajstić information content (AvgIpc) is 2.67. The molecule has 0 spiro atoms. The smallest absolute Gasteiger partial charge is 0.226 e. The molecule has 0 aliphatic rings. The van der Waals surface area contributed by atoms with Gasteiger partial charge in [0.2, 0.25) is 11.7 Å². The number of ether oxygens (including phenoxy) is 4. The van der Waals surface area contributed by atoms with Gasteiger partial charge in [-0.05, 0) is 18.2 Å². The third kappa shape index (κ3) is 5.34. The number of methoxy groups -OCH3 is 4. The number of nitrogens with one attached hydrogen (secondary N) is 2. The summed E-state index contributed by atoms with van der Waals surface area (Å²) >= 11 is 6.08. The summed E-state index contributed by atoms with van der Waals surface area (Å²) in [7, 11) is 6.12. The summed E-state index contributed by atoms with van der Waals surface area (Å²) < 4.78 is 20.9. The first kappa shape index (κ1) is 20.5. The molecule has 2 aromatic carbocycles. The number of halogens is 1. The van der Waals surface area contributed by atoms with Crippen LogP contribution < -0.4 is 29.6 Å². The first-order valence-corrected chi connectivity index (χ1v) is 8.57. The van der Waals surface area contributed by atoms with Crippen molar-refractivity contribution in [2.45, 2.75) is 6.42 Å². The van der Waals surface area contributed by atoms with E-state index in [1.807, 2.05) is 6.07 Å². The number of carbonyl (C=O) groups excluding carboxylic acids is 1. The fraction of sp³-hybridized carbons (Fsp3) is 0.316. The van der Waals surface area contributed by atoms with Crippen LogP contribution in [-0.2, 0) is 4.79 Å². The van der Waals surface area contributed by atoms with E-state index in [-0.39, 0.29) is 12.3 Å². The predicted octanol–water partition coefficient (Wildman–Crippen LogP) is 3.82. The molecule has 0 heterocycles. The number of amides is 1. The third-order valence-corrected chi connectivity index (χ3v) is 4.08. The normalized spacial score (nSPS) is 10.1. The van der Waals surface area contributed by atoms with Crippen molar-refractivity contribution in [1.82, 2.24) is 0 Å². The molecule has 27 heavy (non-hydrogen) atoms. The zero-order valence-electron chi connectivity index (χ0n) is 15.7. The molecule has 0 aromatic heterocycles. The summed E-state index contributed by atoms with van der Waals surface area (Å²) in [5.74, 6) is 1.85. The highest BCUT2D eigenvalue weighted by molar-refractivity contribution is 6.32. The topological polar surface area (TPSA) is 78.1 Å². The SMILES string of the molecule is COc1ccc(NCCC(=O)Nc2cc(OC)c(OC)c(OC)c2)cc1Cl. The van der Waals surface area contributed by atoms with Crippen molar-refractivity contribution in [2.75, 3.05) is 45.6 Å². The maximum absolute atomic E-state index is 12.2. The second kappa shape index (κ2) is 9.78. The first-order chi connectivity index (χ1) is 13.0. The van der Waals surface area contributed by atoms with Crippen LogP contribution in [0.4, 0.5) is 11.4 Å². The maximum Gasteiger partial charge on any atom is 0.226 e. The van der Waals surface area contributed by atoms with Crippen molar-refractivity contribution in [3.63, 3.8) is 0 Å². The fourth-order valence-corrected chi connectivity index (χ4v) is 2.73. The Balaban J connectivity index is 1.95. The largest absolute Gasteiger partial charge is 0.495 e. The summed E-state index contributed by atoms with van der Waals surface area (Å²) in [5, 5.41) is 6.47. The molecule has 2 rings (SSSR count). The molecule has 0 aliphatic carbocycles. The Morgan fingerprint density at radius 1 is 0.889 bits per heavy atom. The number of anilines is 2. The molecule has 8 heteroatoms. The van der Waals surface area contributed by atoms with Gasteiger partial charge in [0.25, 0.3) is 0 Å². The lowest BCUT2D eigenvalue weighted by atomic mass is 10.2. The van der Waals surface area contributed by atoms with Gasteiger partial charge in [0, 0.05) is 36.5 Å². The molecule has 0 bridgehead atoms. The molecular weight excluding hydrogens is 372 g/mol. The van der Waals surface area contributed by atoms with E-state index in [1.165, 1.54) is 21.3 Å². The Labute approximate surface area is 163 Å². The second-order valence-corrected chi connectivity index (χ2v) is 5.90. The summed E-state index contributed by atoms with van der Waals surface area (Å²) in [6.07, 6.45) is 0.264. The lowest BCUT2D eigenvalue weighted by Crippen LogP contribution is -2.16. The van der Waals surface area contributed by atoms with Gasteiger partial charge in [-0.3, -0.25) is 4.79 Å². The van der Waals surface area contributed by atoms with Crippen molar-refractivity contribution in [2.24, 2.45) is 0 Å². The van der Waals surface area contributed by atoms with Crippen molar-refractivity contribution < 1.29 is 23.7 Å². The van der Waals surface area contributed by atoms with Gasteiger partial charge in [0.1, 0.15) is 5.75 Å². The Kier molecular flexibility index (Phi) is 7.43. The highest BCUT2D eigenvalue weighted by Gasteiger charge is 2.14. The van der Waals surface area contributed by atoms with Crippen molar-refractivity contribution in [3.8, 4) is 23.0 Å². The summed E-state index contributed by atoms with van der Waals surface area (Å²) in [6.45, 7) is 0.443. The van der Waals surface area contributed by atoms with Gasteiger partial charge < -0.3 is 29.6 Å². The van der Waals surface area contributed by atoms with E-state index >= 15 is 0 Å². The summed E-state index contributed by atoms with van der Waals surface area (Å²) in [6, 6.07) is 8.70. The zero-order valence-corrected chi connectivity index (χ0v) is 16.5. The van der Waals surface area contributed by atoms with E-state index in [1.54, 1.807) is 31.4 Å². The number of hydrogen-bond acceptors (Lipinski definition) is 6. The molecule has 0 saturated heterocycles. The molecule has 2 N–H and O–H groups in total. The Hall–Kier alpha value is -2.80. The highest BCUT2D eigenvalue weighted by Crippen LogP contribution is 2.39. The van der Waals surface area contributed by atoms with Gasteiger partial charge in [-0.2, -0.15) is 0 Å². The van der Waals surface area contributed by atoms with Gasteiger partial charge >= 0.3 is 0 Å². The molecule has 0 atom stereocenters. The fourth-order valence-electron chi connectivity index (χ4n) is 2.47. The molecule has 2 aromatic rings. The average molecular weight is 395 g/mol. The molecule has 7 nitrogen and oxygen atoms in total. The van der Waals surface area contributed by atoms with Crippen LogP contribution in [0.2, 0.25) is 5.02 Å². The lowest BCUT2D eigenvalue weighted by molar-refractivity contribution is -0.115. The van der Waals surface area contributed by atoms with E-state index < -0.39 is 0 Å². The minimum Gasteiger partial charge on any atom is -0.495 e. The molecule has 146 valence electrons. The lowest BCUT2D eigenvalue weighted by Gasteiger charge is -2.15. The molecule has 0 fully saturated rings. The first-order valence-electron chi connectivity index (χ1n) is 8.19. The highest BCUT2D eigenvalue weighted by atomic mass is 35.5. The molecule has 0 radical (unpaired) electrons. The molecule has 0 aliphatic heterocycles. The van der Waals surface area contributed by atoms with Crippen LogP contribution in [0.1, 0.15) is 6.42 Å². The van der Waals surface area contributed by atoms with E-state index in [0.717, 1.165) is 5.69 Å². The molecule has 0 unspecified atom stereocenters. The summed E-state index contributed by atoms with van der Waals surface area (Å²) in [5.41, 5.74) is 1.36. The predicted molar refractivity (Wildman–Crippen MR) is 106 cm³/mol. The van der Waals surface area contributed by atoms with Gasteiger partial charge in [-0.1, -0.05) is 11.6 Å². The molecular formula is C19H23ClN2O5. The Morgan fingerprint density at radius 2 is 1.52 bits per heavy atom. The zero-order chi connectivity index (χ0) is 19.8. The number of hydrogen-bond donors (Lipinski definition) is 2. The van der Waals surface area contributed by atoms with E-state index in [4.69, 9.17) is 30.5 Å². The molecule has 0 saturated carbocycles. The number of benzene rings is 2.